The van der Waals surface area contributed by atoms with E-state index in [0.29, 0.717) is 18.4 Å². The van der Waals surface area contributed by atoms with Crippen LogP contribution in [0, 0.1) is 6.92 Å². The van der Waals surface area contributed by atoms with Crippen LogP contribution in [0.2, 0.25) is 0 Å². The summed E-state index contributed by atoms with van der Waals surface area (Å²) < 4.78 is 6.03. The van der Waals surface area contributed by atoms with Crippen molar-refractivity contribution in [1.29, 1.82) is 0 Å². The fraction of sp³-hybridized carbons (Fsp3) is 0.611. The van der Waals surface area contributed by atoms with Crippen LogP contribution in [0.15, 0.2) is 24.3 Å². The van der Waals surface area contributed by atoms with Gasteiger partial charge in [0.15, 0.2) is 0 Å². The van der Waals surface area contributed by atoms with Crippen molar-refractivity contribution < 1.29 is 9.53 Å². The summed E-state index contributed by atoms with van der Waals surface area (Å²) in [5, 5.41) is 3.44. The molecule has 2 aliphatic rings. The Morgan fingerprint density at radius 1 is 1.29 bits per heavy atom. The summed E-state index contributed by atoms with van der Waals surface area (Å²) in [5.74, 6) is 3.44. The van der Waals surface area contributed by atoms with Crippen molar-refractivity contribution in [3.63, 3.8) is 0 Å². The van der Waals surface area contributed by atoms with Gasteiger partial charge in [0.1, 0.15) is 11.9 Å². The standard InChI is InChI=1S/C18H26N2O2S.ClH/c1-14-2-4-16(5-3-14)22-17-6-9-20(10-7-17)18(21)12-15-13-23-11-8-19-15;/h2-5,15,17,19H,6-13H2,1H3;1H. The van der Waals surface area contributed by atoms with Gasteiger partial charge in [-0.1, -0.05) is 17.7 Å². The quantitative estimate of drug-likeness (QED) is 0.884. The van der Waals surface area contributed by atoms with Crippen molar-refractivity contribution in [3.05, 3.63) is 29.8 Å². The number of hydrogen-bond acceptors (Lipinski definition) is 4. The van der Waals surface area contributed by atoms with Gasteiger partial charge in [-0.25, -0.2) is 0 Å². The zero-order valence-corrected chi connectivity index (χ0v) is 15.8. The van der Waals surface area contributed by atoms with Gasteiger partial charge in [-0.15, -0.1) is 12.4 Å². The molecule has 1 amide bonds. The van der Waals surface area contributed by atoms with E-state index in [4.69, 9.17) is 4.74 Å². The molecule has 1 aromatic carbocycles. The molecule has 134 valence electrons. The highest BCUT2D eigenvalue weighted by Crippen LogP contribution is 2.20. The monoisotopic (exact) mass is 370 g/mol. The minimum Gasteiger partial charge on any atom is -0.490 e. The maximum absolute atomic E-state index is 12.4. The highest BCUT2D eigenvalue weighted by Gasteiger charge is 2.26. The van der Waals surface area contributed by atoms with Crippen molar-refractivity contribution in [2.75, 3.05) is 31.1 Å². The third-order valence-corrected chi connectivity index (χ3v) is 5.67. The van der Waals surface area contributed by atoms with Crippen LogP contribution in [0.3, 0.4) is 0 Å². The second kappa shape index (κ2) is 9.54. The zero-order valence-electron chi connectivity index (χ0n) is 14.2. The molecule has 0 saturated carbocycles. The molecule has 4 nitrogen and oxygen atoms in total. The van der Waals surface area contributed by atoms with Crippen LogP contribution >= 0.6 is 24.2 Å². The lowest BCUT2D eigenvalue weighted by molar-refractivity contribution is -0.133. The number of hydrogen-bond donors (Lipinski definition) is 1. The Hall–Kier alpha value is -0.910. The highest BCUT2D eigenvalue weighted by molar-refractivity contribution is 7.99. The van der Waals surface area contributed by atoms with E-state index in [2.05, 4.69) is 24.4 Å². The van der Waals surface area contributed by atoms with Crippen LogP contribution in [0.1, 0.15) is 24.8 Å². The maximum Gasteiger partial charge on any atom is 0.224 e. The SMILES string of the molecule is Cc1ccc(OC2CCN(C(=O)CC3CSCCN3)CC2)cc1.Cl. The molecule has 2 aliphatic heterocycles. The van der Waals surface area contributed by atoms with Gasteiger partial charge in [0.05, 0.1) is 0 Å². The van der Waals surface area contributed by atoms with E-state index in [9.17, 15) is 4.79 Å². The van der Waals surface area contributed by atoms with Crippen LogP contribution in [-0.4, -0.2) is 54.1 Å². The third-order valence-electron chi connectivity index (χ3n) is 4.54. The van der Waals surface area contributed by atoms with E-state index < -0.39 is 0 Å². The molecule has 1 atom stereocenters. The average molecular weight is 371 g/mol. The molecular weight excluding hydrogens is 344 g/mol. The van der Waals surface area contributed by atoms with Crippen molar-refractivity contribution in [2.24, 2.45) is 0 Å². The number of amides is 1. The van der Waals surface area contributed by atoms with Gasteiger partial charge < -0.3 is 15.0 Å². The van der Waals surface area contributed by atoms with Crippen LogP contribution in [0.5, 0.6) is 5.75 Å². The molecule has 6 heteroatoms. The lowest BCUT2D eigenvalue weighted by Gasteiger charge is -2.33. The first-order valence-corrected chi connectivity index (χ1v) is 9.68. The number of halogens is 1. The first kappa shape index (κ1) is 19.4. The lowest BCUT2D eigenvalue weighted by Crippen LogP contribution is -2.46. The van der Waals surface area contributed by atoms with E-state index in [-0.39, 0.29) is 18.5 Å². The van der Waals surface area contributed by atoms with E-state index in [1.165, 1.54) is 5.56 Å². The molecule has 1 aromatic rings. The second-order valence-corrected chi connectivity index (χ2v) is 7.59. The summed E-state index contributed by atoms with van der Waals surface area (Å²) in [5.41, 5.74) is 1.24. The van der Waals surface area contributed by atoms with Crippen molar-refractivity contribution >= 4 is 30.1 Å². The fourth-order valence-corrected chi connectivity index (χ4v) is 4.07. The van der Waals surface area contributed by atoms with E-state index in [0.717, 1.165) is 49.7 Å². The van der Waals surface area contributed by atoms with Gasteiger partial charge >= 0.3 is 0 Å². The molecule has 0 bridgehead atoms. The Kier molecular flexibility index (Phi) is 7.72. The summed E-state index contributed by atoms with van der Waals surface area (Å²) in [7, 11) is 0. The van der Waals surface area contributed by atoms with Crippen molar-refractivity contribution in [1.82, 2.24) is 10.2 Å². The number of aryl methyl sites for hydroxylation is 1. The smallest absolute Gasteiger partial charge is 0.224 e. The molecule has 0 radical (unpaired) electrons. The van der Waals surface area contributed by atoms with Gasteiger partial charge in [0.25, 0.3) is 0 Å². The van der Waals surface area contributed by atoms with Crippen LogP contribution in [0.25, 0.3) is 0 Å². The number of likely N-dealkylation sites (tertiary alicyclic amines) is 1. The van der Waals surface area contributed by atoms with Crippen molar-refractivity contribution in [2.45, 2.75) is 38.3 Å². The Bertz CT molecular complexity index is 512. The summed E-state index contributed by atoms with van der Waals surface area (Å²) in [6.07, 6.45) is 2.71. The summed E-state index contributed by atoms with van der Waals surface area (Å²) in [6.45, 7) is 4.73. The molecule has 0 aliphatic carbocycles. The number of thioether (sulfide) groups is 1. The Balaban J connectivity index is 0.00000208. The minimum absolute atomic E-state index is 0. The Labute approximate surface area is 155 Å². The second-order valence-electron chi connectivity index (χ2n) is 6.44. The number of carbonyl (C=O) groups is 1. The van der Waals surface area contributed by atoms with Gasteiger partial charge in [0, 0.05) is 56.4 Å². The predicted octanol–water partition coefficient (Wildman–Crippen LogP) is 2.88. The van der Waals surface area contributed by atoms with E-state index in [1.54, 1.807) is 0 Å². The fourth-order valence-electron chi connectivity index (χ4n) is 3.12. The Morgan fingerprint density at radius 2 is 2.00 bits per heavy atom. The average Bonchev–Trinajstić information content (AvgIpc) is 2.58. The number of nitrogens with zero attached hydrogens (tertiary/aromatic N) is 1. The predicted molar refractivity (Wildman–Crippen MR) is 102 cm³/mol. The first-order chi connectivity index (χ1) is 11.2. The summed E-state index contributed by atoms with van der Waals surface area (Å²) in [6, 6.07) is 8.55. The molecule has 0 aromatic heterocycles. The highest BCUT2D eigenvalue weighted by atomic mass is 35.5. The zero-order chi connectivity index (χ0) is 16.1. The van der Waals surface area contributed by atoms with Crippen molar-refractivity contribution in [3.8, 4) is 5.75 Å². The number of benzene rings is 1. The molecule has 1 N–H and O–H groups in total. The first-order valence-electron chi connectivity index (χ1n) is 8.53. The van der Waals surface area contributed by atoms with E-state index >= 15 is 0 Å². The third kappa shape index (κ3) is 5.57. The maximum atomic E-state index is 12.4. The normalized spacial score (nSPS) is 21.9. The molecular formula is C18H27ClN2O2S. The molecule has 1 unspecified atom stereocenters. The number of carbonyl (C=O) groups excluding carboxylic acids is 1. The van der Waals surface area contributed by atoms with Gasteiger partial charge in [-0.05, 0) is 19.1 Å². The lowest BCUT2D eigenvalue weighted by atomic mass is 10.1. The van der Waals surface area contributed by atoms with E-state index in [1.807, 2.05) is 28.8 Å². The van der Waals surface area contributed by atoms with Crippen LogP contribution in [-0.2, 0) is 4.79 Å². The summed E-state index contributed by atoms with van der Waals surface area (Å²) >= 11 is 1.94. The molecule has 2 saturated heterocycles. The molecule has 2 heterocycles. The largest absolute Gasteiger partial charge is 0.490 e. The molecule has 24 heavy (non-hydrogen) atoms. The van der Waals surface area contributed by atoms with Crippen LogP contribution in [0.4, 0.5) is 0 Å². The van der Waals surface area contributed by atoms with Gasteiger partial charge in [-0.2, -0.15) is 11.8 Å². The molecule has 0 spiro atoms. The number of nitrogens with one attached hydrogen (secondary N) is 1. The Morgan fingerprint density at radius 3 is 2.62 bits per heavy atom. The molecule has 2 fully saturated rings. The van der Waals surface area contributed by atoms with Gasteiger partial charge in [0.2, 0.25) is 5.91 Å². The summed E-state index contributed by atoms with van der Waals surface area (Å²) in [4.78, 5) is 14.4. The minimum atomic E-state index is 0. The van der Waals surface area contributed by atoms with Gasteiger partial charge in [-0.3, -0.25) is 4.79 Å². The number of rotatable bonds is 4. The number of ether oxygens (including phenoxy) is 1. The topological polar surface area (TPSA) is 41.6 Å². The van der Waals surface area contributed by atoms with Crippen LogP contribution < -0.4 is 10.1 Å². The number of piperidine rings is 1. The molecule has 3 rings (SSSR count).